The zero-order valence-corrected chi connectivity index (χ0v) is 12.6. The van der Waals surface area contributed by atoms with Crippen LogP contribution >= 0.6 is 0 Å². The summed E-state index contributed by atoms with van der Waals surface area (Å²) in [7, 11) is 1.65. The molecule has 0 unspecified atom stereocenters. The molecule has 0 fully saturated rings. The molecule has 3 nitrogen and oxygen atoms in total. The Labute approximate surface area is 133 Å². The van der Waals surface area contributed by atoms with Crippen molar-refractivity contribution in [3.05, 3.63) is 77.8 Å². The molecule has 0 saturated heterocycles. The highest BCUT2D eigenvalue weighted by atomic mass is 19.1. The molecule has 0 aliphatic carbocycles. The van der Waals surface area contributed by atoms with Gasteiger partial charge in [0, 0.05) is 29.1 Å². The van der Waals surface area contributed by atoms with Gasteiger partial charge in [0.15, 0.2) is 0 Å². The summed E-state index contributed by atoms with van der Waals surface area (Å²) in [5.74, 6) is 5.69. The predicted octanol–water partition coefficient (Wildman–Crippen LogP) is 3.71. The molecular formula is C19H14FN3. The second-order valence-corrected chi connectivity index (χ2v) is 4.96. The lowest BCUT2D eigenvalue weighted by Gasteiger charge is -2.02. The predicted molar refractivity (Wildman–Crippen MR) is 91.1 cm³/mol. The summed E-state index contributed by atoms with van der Waals surface area (Å²) in [5, 5.41) is 7.86. The fourth-order valence-corrected chi connectivity index (χ4v) is 2.31. The van der Waals surface area contributed by atoms with Gasteiger partial charge in [0.2, 0.25) is 0 Å². The number of rotatable bonds is 2. The highest BCUT2D eigenvalue weighted by Gasteiger charge is 2.03. The minimum atomic E-state index is -0.347. The van der Waals surface area contributed by atoms with Crippen LogP contribution in [0.3, 0.4) is 0 Å². The van der Waals surface area contributed by atoms with E-state index in [1.54, 1.807) is 25.4 Å². The third-order valence-corrected chi connectivity index (χ3v) is 3.42. The van der Waals surface area contributed by atoms with Gasteiger partial charge >= 0.3 is 0 Å². The lowest BCUT2D eigenvalue weighted by Crippen LogP contribution is -1.98. The van der Waals surface area contributed by atoms with Gasteiger partial charge in [-0.1, -0.05) is 18.4 Å². The zero-order chi connectivity index (χ0) is 16.2. The van der Waals surface area contributed by atoms with Crippen LogP contribution in [0.2, 0.25) is 0 Å². The van der Waals surface area contributed by atoms with Crippen molar-refractivity contribution in [3.8, 4) is 11.8 Å². The number of H-pyrrole nitrogens is 1. The molecule has 0 spiro atoms. The van der Waals surface area contributed by atoms with Crippen molar-refractivity contribution in [1.82, 2.24) is 10.2 Å². The van der Waals surface area contributed by atoms with Gasteiger partial charge in [0.1, 0.15) is 5.82 Å². The van der Waals surface area contributed by atoms with E-state index in [-0.39, 0.29) is 5.82 Å². The number of benzene rings is 2. The number of allylic oxidation sites excluding steroid dienone is 1. The van der Waals surface area contributed by atoms with Gasteiger partial charge in [0.05, 0.1) is 17.4 Å². The number of aliphatic imine (C=N–C) groups is 1. The van der Waals surface area contributed by atoms with E-state index in [4.69, 9.17) is 0 Å². The Balaban J connectivity index is 1.98. The Kier molecular flexibility index (Phi) is 4.03. The number of fused-ring (bicyclic) bond motifs is 1. The van der Waals surface area contributed by atoms with Gasteiger partial charge in [0.25, 0.3) is 0 Å². The second-order valence-electron chi connectivity index (χ2n) is 4.96. The van der Waals surface area contributed by atoms with Crippen LogP contribution < -0.4 is 0 Å². The Morgan fingerprint density at radius 2 is 2.04 bits per heavy atom. The molecule has 0 aliphatic rings. The smallest absolute Gasteiger partial charge is 0.125 e. The Hall–Kier alpha value is -3.19. The minimum absolute atomic E-state index is 0.347. The van der Waals surface area contributed by atoms with Crippen LogP contribution in [0.1, 0.15) is 16.7 Å². The second kappa shape index (κ2) is 6.29. The maximum absolute atomic E-state index is 13.8. The molecule has 0 aliphatic heterocycles. The van der Waals surface area contributed by atoms with Gasteiger partial charge in [-0.15, -0.1) is 0 Å². The SMILES string of the molecule is C=CC(=NC)c1cc(F)cc(C#Cc2ccc3[nH]ncc3c2)c1. The van der Waals surface area contributed by atoms with Crippen LogP contribution in [-0.2, 0) is 0 Å². The van der Waals surface area contributed by atoms with Crippen LogP contribution in [0.25, 0.3) is 10.9 Å². The fourth-order valence-electron chi connectivity index (χ4n) is 2.31. The van der Waals surface area contributed by atoms with E-state index >= 15 is 0 Å². The molecule has 0 radical (unpaired) electrons. The number of nitrogens with zero attached hydrogens (tertiary/aromatic N) is 2. The fraction of sp³-hybridized carbons (Fsp3) is 0.0526. The molecule has 3 aromatic rings. The summed E-state index contributed by atoms with van der Waals surface area (Å²) < 4.78 is 13.8. The topological polar surface area (TPSA) is 41.0 Å². The van der Waals surface area contributed by atoms with Crippen LogP contribution in [0.4, 0.5) is 4.39 Å². The molecule has 0 bridgehead atoms. The monoisotopic (exact) mass is 303 g/mol. The van der Waals surface area contributed by atoms with Gasteiger partial charge in [-0.2, -0.15) is 5.10 Å². The van der Waals surface area contributed by atoms with Crippen molar-refractivity contribution < 1.29 is 4.39 Å². The third-order valence-electron chi connectivity index (χ3n) is 3.42. The summed E-state index contributed by atoms with van der Waals surface area (Å²) in [6.45, 7) is 3.69. The first-order valence-corrected chi connectivity index (χ1v) is 7.05. The maximum Gasteiger partial charge on any atom is 0.125 e. The maximum atomic E-state index is 13.8. The van der Waals surface area contributed by atoms with Gasteiger partial charge in [-0.05, 0) is 42.5 Å². The third kappa shape index (κ3) is 3.19. The van der Waals surface area contributed by atoms with E-state index in [9.17, 15) is 4.39 Å². The molecule has 3 rings (SSSR count). The summed E-state index contributed by atoms with van der Waals surface area (Å²) in [6.07, 6.45) is 3.34. The number of aromatic amines is 1. The lowest BCUT2D eigenvalue weighted by molar-refractivity contribution is 0.627. The molecule has 112 valence electrons. The first kappa shape index (κ1) is 14.7. The molecular weight excluding hydrogens is 289 g/mol. The van der Waals surface area contributed by atoms with E-state index in [1.807, 2.05) is 18.2 Å². The van der Waals surface area contributed by atoms with E-state index < -0.39 is 0 Å². The summed E-state index contributed by atoms with van der Waals surface area (Å²) in [6, 6.07) is 10.4. The summed E-state index contributed by atoms with van der Waals surface area (Å²) in [4.78, 5) is 4.08. The highest BCUT2D eigenvalue weighted by molar-refractivity contribution is 6.08. The van der Waals surface area contributed by atoms with Crippen LogP contribution in [0.15, 0.2) is 60.2 Å². The summed E-state index contributed by atoms with van der Waals surface area (Å²) in [5.41, 5.74) is 3.69. The first-order valence-electron chi connectivity index (χ1n) is 7.05. The molecule has 0 saturated carbocycles. The molecule has 1 N–H and O–H groups in total. The number of aromatic nitrogens is 2. The minimum Gasteiger partial charge on any atom is -0.288 e. The Morgan fingerprint density at radius 3 is 2.83 bits per heavy atom. The molecule has 0 amide bonds. The molecule has 0 atom stereocenters. The van der Waals surface area contributed by atoms with Crippen LogP contribution in [-0.4, -0.2) is 23.0 Å². The van der Waals surface area contributed by atoms with Crippen molar-refractivity contribution in [1.29, 1.82) is 0 Å². The molecule has 1 heterocycles. The molecule has 1 aromatic heterocycles. The molecule has 4 heteroatoms. The first-order chi connectivity index (χ1) is 11.2. The van der Waals surface area contributed by atoms with E-state index in [0.717, 1.165) is 16.5 Å². The van der Waals surface area contributed by atoms with E-state index in [2.05, 4.69) is 33.6 Å². The van der Waals surface area contributed by atoms with Crippen molar-refractivity contribution in [3.63, 3.8) is 0 Å². The molecule has 2 aromatic carbocycles. The summed E-state index contributed by atoms with van der Waals surface area (Å²) >= 11 is 0. The number of halogens is 1. The largest absolute Gasteiger partial charge is 0.288 e. The normalized spacial score (nSPS) is 11.1. The van der Waals surface area contributed by atoms with Crippen LogP contribution in [0, 0.1) is 17.7 Å². The van der Waals surface area contributed by atoms with Crippen molar-refractivity contribution in [2.45, 2.75) is 0 Å². The standard InChI is InChI=1S/C19H14FN3/c1-3-18(21-2)15-9-14(10-17(20)11-15)5-4-13-6-7-19-16(8-13)12-22-23-19/h3,6-12H,1H2,2H3,(H,22,23). The number of hydrogen-bond donors (Lipinski definition) is 1. The van der Waals surface area contributed by atoms with E-state index in [1.165, 1.54) is 12.1 Å². The quantitative estimate of drug-likeness (QED) is 0.569. The van der Waals surface area contributed by atoms with Gasteiger partial charge in [-0.3, -0.25) is 10.1 Å². The van der Waals surface area contributed by atoms with Crippen molar-refractivity contribution >= 4 is 16.6 Å². The van der Waals surface area contributed by atoms with Crippen molar-refractivity contribution in [2.75, 3.05) is 7.05 Å². The van der Waals surface area contributed by atoms with Crippen LogP contribution in [0.5, 0.6) is 0 Å². The van der Waals surface area contributed by atoms with Gasteiger partial charge < -0.3 is 0 Å². The van der Waals surface area contributed by atoms with Crippen molar-refractivity contribution in [2.24, 2.45) is 4.99 Å². The highest BCUT2D eigenvalue weighted by Crippen LogP contribution is 2.13. The lowest BCUT2D eigenvalue weighted by atomic mass is 10.1. The average molecular weight is 303 g/mol. The number of hydrogen-bond acceptors (Lipinski definition) is 2. The Morgan fingerprint density at radius 1 is 1.22 bits per heavy atom. The van der Waals surface area contributed by atoms with E-state index in [0.29, 0.717) is 16.8 Å². The zero-order valence-electron chi connectivity index (χ0n) is 12.6. The average Bonchev–Trinajstić information content (AvgIpc) is 3.01. The molecule has 23 heavy (non-hydrogen) atoms. The Bertz CT molecular complexity index is 971. The van der Waals surface area contributed by atoms with Gasteiger partial charge in [-0.25, -0.2) is 4.39 Å². The number of nitrogens with one attached hydrogen (secondary N) is 1.